The van der Waals surface area contributed by atoms with Gasteiger partial charge in [0.1, 0.15) is 0 Å². The molecule has 1 aliphatic rings. The monoisotopic (exact) mass is 341 g/mol. The standard InChI is InChI=1S/C16H18F3N3O2/c17-16(18,19)15(23)6-8-22(9-7-15)11-14-20-13(21-24-14)10-12-4-2-1-3-5-12/h1-5,23H,6-11H2. The Morgan fingerprint density at radius 1 is 1.17 bits per heavy atom. The van der Waals surface area contributed by atoms with Gasteiger partial charge in [0, 0.05) is 19.5 Å². The van der Waals surface area contributed by atoms with Crippen molar-refractivity contribution < 1.29 is 22.8 Å². The minimum Gasteiger partial charge on any atom is -0.380 e. The molecule has 24 heavy (non-hydrogen) atoms. The number of piperidine rings is 1. The Balaban J connectivity index is 1.55. The second-order valence-electron chi connectivity index (χ2n) is 6.07. The zero-order valence-corrected chi connectivity index (χ0v) is 13.0. The van der Waals surface area contributed by atoms with E-state index >= 15 is 0 Å². The van der Waals surface area contributed by atoms with Gasteiger partial charge in [-0.3, -0.25) is 4.90 Å². The molecule has 1 N–H and O–H groups in total. The first kappa shape index (κ1) is 16.9. The SMILES string of the molecule is OC1(C(F)(F)F)CCN(Cc2nc(Cc3ccccc3)no2)CC1. The van der Waals surface area contributed by atoms with Crippen molar-refractivity contribution >= 4 is 0 Å². The largest absolute Gasteiger partial charge is 0.417 e. The molecule has 0 unspecified atom stereocenters. The van der Waals surface area contributed by atoms with Gasteiger partial charge < -0.3 is 9.63 Å². The molecule has 0 saturated carbocycles. The van der Waals surface area contributed by atoms with E-state index in [2.05, 4.69) is 10.1 Å². The number of halogens is 3. The van der Waals surface area contributed by atoms with Crippen molar-refractivity contribution in [2.45, 2.75) is 37.6 Å². The molecule has 0 bridgehead atoms. The molecule has 0 spiro atoms. The van der Waals surface area contributed by atoms with E-state index in [1.807, 2.05) is 30.3 Å². The average molecular weight is 341 g/mol. The third-order valence-electron chi connectivity index (χ3n) is 4.28. The number of likely N-dealkylation sites (tertiary alicyclic amines) is 1. The van der Waals surface area contributed by atoms with Crippen molar-refractivity contribution in [3.05, 3.63) is 47.6 Å². The van der Waals surface area contributed by atoms with Gasteiger partial charge in [-0.2, -0.15) is 18.2 Å². The lowest BCUT2D eigenvalue weighted by Gasteiger charge is -2.38. The molecule has 3 rings (SSSR count). The van der Waals surface area contributed by atoms with Crippen LogP contribution in [0.3, 0.4) is 0 Å². The highest BCUT2D eigenvalue weighted by atomic mass is 19.4. The number of nitrogens with zero attached hydrogens (tertiary/aromatic N) is 3. The molecule has 0 amide bonds. The van der Waals surface area contributed by atoms with Crippen LogP contribution in [-0.4, -0.2) is 45.0 Å². The van der Waals surface area contributed by atoms with Crippen molar-refractivity contribution in [3.8, 4) is 0 Å². The van der Waals surface area contributed by atoms with E-state index < -0.39 is 11.8 Å². The van der Waals surface area contributed by atoms with Crippen molar-refractivity contribution in [1.29, 1.82) is 0 Å². The van der Waals surface area contributed by atoms with Gasteiger partial charge >= 0.3 is 6.18 Å². The molecule has 1 aliphatic heterocycles. The summed E-state index contributed by atoms with van der Waals surface area (Å²) in [4.78, 5) is 6.06. The van der Waals surface area contributed by atoms with Gasteiger partial charge in [0.2, 0.25) is 5.89 Å². The maximum Gasteiger partial charge on any atom is 0.417 e. The number of rotatable bonds is 4. The molecule has 130 valence electrons. The zero-order chi connectivity index (χ0) is 17.2. The van der Waals surface area contributed by atoms with Gasteiger partial charge in [0.25, 0.3) is 0 Å². The van der Waals surface area contributed by atoms with Crippen LogP contribution in [0, 0.1) is 0 Å². The molecule has 2 heterocycles. The van der Waals surface area contributed by atoms with Gasteiger partial charge in [-0.05, 0) is 18.4 Å². The van der Waals surface area contributed by atoms with E-state index in [1.54, 1.807) is 4.90 Å². The highest BCUT2D eigenvalue weighted by Gasteiger charge is 2.54. The fourth-order valence-corrected chi connectivity index (χ4v) is 2.76. The van der Waals surface area contributed by atoms with E-state index in [9.17, 15) is 18.3 Å². The van der Waals surface area contributed by atoms with Crippen molar-refractivity contribution in [2.75, 3.05) is 13.1 Å². The fraction of sp³-hybridized carbons (Fsp3) is 0.500. The Morgan fingerprint density at radius 3 is 2.46 bits per heavy atom. The second-order valence-corrected chi connectivity index (χ2v) is 6.07. The molecule has 0 aliphatic carbocycles. The van der Waals surface area contributed by atoms with Crippen LogP contribution in [0.1, 0.15) is 30.1 Å². The Labute approximate surface area is 137 Å². The summed E-state index contributed by atoms with van der Waals surface area (Å²) in [5.74, 6) is 0.915. The molecule has 1 saturated heterocycles. The van der Waals surface area contributed by atoms with E-state index in [0.717, 1.165) is 5.56 Å². The summed E-state index contributed by atoms with van der Waals surface area (Å²) >= 11 is 0. The summed E-state index contributed by atoms with van der Waals surface area (Å²) in [6, 6.07) is 9.68. The van der Waals surface area contributed by atoms with Crippen LogP contribution in [0.15, 0.2) is 34.9 Å². The predicted octanol–water partition coefficient (Wildman–Crippen LogP) is 2.55. The quantitative estimate of drug-likeness (QED) is 0.926. The normalized spacial score (nSPS) is 18.7. The third kappa shape index (κ3) is 3.76. The summed E-state index contributed by atoms with van der Waals surface area (Å²) in [5.41, 5.74) is -1.53. The average Bonchev–Trinajstić information content (AvgIpc) is 2.97. The minimum atomic E-state index is -4.59. The Hall–Kier alpha value is -1.93. The van der Waals surface area contributed by atoms with Gasteiger partial charge in [-0.1, -0.05) is 35.5 Å². The Bertz CT molecular complexity index is 665. The smallest absolute Gasteiger partial charge is 0.380 e. The van der Waals surface area contributed by atoms with Crippen LogP contribution < -0.4 is 0 Å². The van der Waals surface area contributed by atoms with E-state index in [0.29, 0.717) is 18.1 Å². The molecule has 8 heteroatoms. The molecule has 1 aromatic carbocycles. The van der Waals surface area contributed by atoms with Crippen molar-refractivity contribution in [2.24, 2.45) is 0 Å². The zero-order valence-electron chi connectivity index (χ0n) is 13.0. The van der Waals surface area contributed by atoms with E-state index in [1.165, 1.54) is 0 Å². The molecular weight excluding hydrogens is 323 g/mol. The summed E-state index contributed by atoms with van der Waals surface area (Å²) in [5, 5.41) is 13.6. The lowest BCUT2D eigenvalue weighted by molar-refractivity contribution is -0.273. The lowest BCUT2D eigenvalue weighted by Crippen LogP contribution is -2.53. The molecular formula is C16H18F3N3O2. The first-order valence-corrected chi connectivity index (χ1v) is 7.73. The minimum absolute atomic E-state index is 0.131. The first-order chi connectivity index (χ1) is 11.4. The van der Waals surface area contributed by atoms with Crippen LogP contribution in [0.2, 0.25) is 0 Å². The summed E-state index contributed by atoms with van der Waals surface area (Å²) in [6.07, 6.45) is -4.74. The molecule has 1 fully saturated rings. The van der Waals surface area contributed by atoms with Gasteiger partial charge in [0.05, 0.1) is 6.54 Å². The number of alkyl halides is 3. The van der Waals surface area contributed by atoms with Gasteiger partial charge in [0.15, 0.2) is 11.4 Å². The molecule has 1 aromatic heterocycles. The summed E-state index contributed by atoms with van der Waals surface area (Å²) in [6.45, 7) is 0.550. The Kier molecular flexibility index (Phi) is 4.60. The first-order valence-electron chi connectivity index (χ1n) is 7.73. The summed E-state index contributed by atoms with van der Waals surface area (Å²) < 4.78 is 43.5. The topological polar surface area (TPSA) is 62.4 Å². The van der Waals surface area contributed by atoms with E-state index in [4.69, 9.17) is 4.52 Å². The lowest BCUT2D eigenvalue weighted by atomic mass is 9.91. The van der Waals surface area contributed by atoms with E-state index in [-0.39, 0.29) is 32.5 Å². The van der Waals surface area contributed by atoms with Crippen LogP contribution >= 0.6 is 0 Å². The van der Waals surface area contributed by atoms with Crippen LogP contribution in [-0.2, 0) is 13.0 Å². The third-order valence-corrected chi connectivity index (χ3v) is 4.28. The number of aliphatic hydroxyl groups is 1. The van der Waals surface area contributed by atoms with Gasteiger partial charge in [-0.15, -0.1) is 0 Å². The number of hydrogen-bond acceptors (Lipinski definition) is 5. The molecule has 0 radical (unpaired) electrons. The molecule has 2 aromatic rings. The van der Waals surface area contributed by atoms with Crippen LogP contribution in [0.5, 0.6) is 0 Å². The van der Waals surface area contributed by atoms with Crippen molar-refractivity contribution in [3.63, 3.8) is 0 Å². The van der Waals surface area contributed by atoms with Gasteiger partial charge in [-0.25, -0.2) is 0 Å². The van der Waals surface area contributed by atoms with Crippen LogP contribution in [0.25, 0.3) is 0 Å². The fourth-order valence-electron chi connectivity index (χ4n) is 2.76. The predicted molar refractivity (Wildman–Crippen MR) is 79.1 cm³/mol. The number of benzene rings is 1. The van der Waals surface area contributed by atoms with Crippen LogP contribution in [0.4, 0.5) is 13.2 Å². The number of aromatic nitrogens is 2. The maximum atomic E-state index is 12.8. The number of hydrogen-bond donors (Lipinski definition) is 1. The highest BCUT2D eigenvalue weighted by Crippen LogP contribution is 2.38. The Morgan fingerprint density at radius 2 is 1.83 bits per heavy atom. The van der Waals surface area contributed by atoms with Crippen molar-refractivity contribution in [1.82, 2.24) is 15.0 Å². The maximum absolute atomic E-state index is 12.8. The molecule has 0 atom stereocenters. The summed E-state index contributed by atoms with van der Waals surface area (Å²) in [7, 11) is 0. The highest BCUT2D eigenvalue weighted by molar-refractivity contribution is 5.18. The molecule has 5 nitrogen and oxygen atoms in total. The second kappa shape index (κ2) is 6.52.